The van der Waals surface area contributed by atoms with Crippen molar-refractivity contribution in [2.45, 2.75) is 25.0 Å². The van der Waals surface area contributed by atoms with Crippen molar-refractivity contribution in [3.8, 4) is 0 Å². The predicted octanol–water partition coefficient (Wildman–Crippen LogP) is 1.43. The molecule has 4 N–H and O–H groups in total. The van der Waals surface area contributed by atoms with Crippen LogP contribution >= 0.6 is 7.60 Å². The summed E-state index contributed by atoms with van der Waals surface area (Å²) in [5.74, 6) is 0. The van der Waals surface area contributed by atoms with Crippen LogP contribution in [0.5, 0.6) is 0 Å². The number of hydrogen-bond acceptors (Lipinski definition) is 2. The van der Waals surface area contributed by atoms with E-state index in [0.717, 1.165) is 0 Å². The Balaban J connectivity index is 3.33. The zero-order valence-electron chi connectivity index (χ0n) is 8.79. The minimum Gasteiger partial charge on any atom is -0.327 e. The van der Waals surface area contributed by atoms with Gasteiger partial charge in [-0.1, -0.05) is 30.3 Å². The third-order valence-corrected chi connectivity index (χ3v) is 4.73. The molecular weight excluding hydrogens is 213 g/mol. The zero-order chi connectivity index (χ0) is 11.7. The summed E-state index contributed by atoms with van der Waals surface area (Å²) < 4.78 is 11.5. The van der Waals surface area contributed by atoms with Crippen LogP contribution in [0.2, 0.25) is 0 Å². The SMILES string of the molecule is CC(N)C(C)(c1ccccc1)P(=O)(O)O. The summed E-state index contributed by atoms with van der Waals surface area (Å²) in [4.78, 5) is 18.8. The second-order valence-corrected chi connectivity index (χ2v) is 5.86. The van der Waals surface area contributed by atoms with E-state index in [0.29, 0.717) is 5.56 Å². The summed E-state index contributed by atoms with van der Waals surface area (Å²) in [6, 6.07) is 8.02. The lowest BCUT2D eigenvalue weighted by atomic mass is 9.94. The lowest BCUT2D eigenvalue weighted by molar-refractivity contribution is 0.316. The highest BCUT2D eigenvalue weighted by Crippen LogP contribution is 2.58. The minimum absolute atomic E-state index is 0.563. The van der Waals surface area contributed by atoms with Gasteiger partial charge in [0.25, 0.3) is 0 Å². The maximum Gasteiger partial charge on any atom is 0.337 e. The molecule has 2 atom stereocenters. The van der Waals surface area contributed by atoms with Crippen LogP contribution in [0.25, 0.3) is 0 Å². The van der Waals surface area contributed by atoms with Crippen LogP contribution < -0.4 is 5.73 Å². The number of benzene rings is 1. The van der Waals surface area contributed by atoms with E-state index in [1.807, 2.05) is 0 Å². The van der Waals surface area contributed by atoms with Crippen molar-refractivity contribution in [3.05, 3.63) is 35.9 Å². The summed E-state index contributed by atoms with van der Waals surface area (Å²) in [5.41, 5.74) is 6.26. The topological polar surface area (TPSA) is 83.6 Å². The molecular formula is C10H16NO3P. The average Bonchev–Trinajstić information content (AvgIpc) is 2.16. The lowest BCUT2D eigenvalue weighted by Gasteiger charge is -2.34. The van der Waals surface area contributed by atoms with Gasteiger partial charge in [0.1, 0.15) is 5.16 Å². The Bertz CT molecular complexity index is 374. The van der Waals surface area contributed by atoms with E-state index in [1.54, 1.807) is 37.3 Å². The van der Waals surface area contributed by atoms with Crippen molar-refractivity contribution in [2.24, 2.45) is 5.73 Å². The Hall–Kier alpha value is -0.670. The van der Waals surface area contributed by atoms with E-state index >= 15 is 0 Å². The minimum atomic E-state index is -4.29. The highest BCUT2D eigenvalue weighted by Gasteiger charge is 2.46. The molecule has 0 aliphatic carbocycles. The van der Waals surface area contributed by atoms with Crippen molar-refractivity contribution in [1.82, 2.24) is 0 Å². The molecule has 0 saturated heterocycles. The normalized spacial score (nSPS) is 18.2. The summed E-state index contributed by atoms with van der Waals surface area (Å²) in [6.07, 6.45) is 0. The molecule has 15 heavy (non-hydrogen) atoms. The van der Waals surface area contributed by atoms with Crippen LogP contribution in [-0.2, 0) is 9.72 Å². The van der Waals surface area contributed by atoms with E-state index in [1.165, 1.54) is 6.92 Å². The van der Waals surface area contributed by atoms with E-state index in [2.05, 4.69) is 0 Å². The maximum absolute atomic E-state index is 11.5. The van der Waals surface area contributed by atoms with Gasteiger partial charge in [-0.15, -0.1) is 0 Å². The predicted molar refractivity (Wildman–Crippen MR) is 59.5 cm³/mol. The standard InChI is InChI=1S/C10H16NO3P/c1-8(11)10(2,15(12,13)14)9-6-4-3-5-7-9/h3-8H,11H2,1-2H3,(H2,12,13,14). The number of rotatable bonds is 3. The van der Waals surface area contributed by atoms with E-state index in [-0.39, 0.29) is 0 Å². The molecule has 0 aromatic heterocycles. The molecule has 0 spiro atoms. The molecule has 4 nitrogen and oxygen atoms in total. The van der Waals surface area contributed by atoms with Crippen LogP contribution in [0, 0.1) is 0 Å². The van der Waals surface area contributed by atoms with Gasteiger partial charge in [-0.2, -0.15) is 0 Å². The van der Waals surface area contributed by atoms with Crippen LogP contribution in [0.3, 0.4) is 0 Å². The highest BCUT2D eigenvalue weighted by molar-refractivity contribution is 7.53. The Morgan fingerprint density at radius 1 is 1.33 bits per heavy atom. The molecule has 1 aromatic carbocycles. The first-order valence-corrected chi connectivity index (χ1v) is 6.28. The van der Waals surface area contributed by atoms with Gasteiger partial charge < -0.3 is 15.5 Å². The highest BCUT2D eigenvalue weighted by atomic mass is 31.2. The van der Waals surface area contributed by atoms with Gasteiger partial charge in [0.15, 0.2) is 0 Å². The Labute approximate surface area is 89.3 Å². The molecule has 0 heterocycles. The fourth-order valence-electron chi connectivity index (χ4n) is 1.47. The van der Waals surface area contributed by atoms with E-state index < -0.39 is 18.8 Å². The molecule has 84 valence electrons. The first-order chi connectivity index (χ1) is 6.80. The maximum atomic E-state index is 11.5. The number of hydrogen-bond donors (Lipinski definition) is 3. The van der Waals surface area contributed by atoms with Crippen LogP contribution in [0.15, 0.2) is 30.3 Å². The lowest BCUT2D eigenvalue weighted by Crippen LogP contribution is -2.40. The van der Waals surface area contributed by atoms with Crippen molar-refractivity contribution >= 4 is 7.60 Å². The smallest absolute Gasteiger partial charge is 0.327 e. The third-order valence-electron chi connectivity index (χ3n) is 2.85. The largest absolute Gasteiger partial charge is 0.337 e. The molecule has 0 bridgehead atoms. The van der Waals surface area contributed by atoms with Crippen molar-refractivity contribution in [1.29, 1.82) is 0 Å². The van der Waals surface area contributed by atoms with Crippen molar-refractivity contribution in [3.63, 3.8) is 0 Å². The summed E-state index contributed by atoms with van der Waals surface area (Å²) >= 11 is 0. The summed E-state index contributed by atoms with van der Waals surface area (Å²) in [6.45, 7) is 3.10. The molecule has 5 heteroatoms. The summed E-state index contributed by atoms with van der Waals surface area (Å²) in [5, 5.41) is -1.33. The van der Waals surface area contributed by atoms with E-state index in [4.69, 9.17) is 5.73 Å². The van der Waals surface area contributed by atoms with Gasteiger partial charge >= 0.3 is 7.60 Å². The molecule has 0 radical (unpaired) electrons. The van der Waals surface area contributed by atoms with Gasteiger partial charge in [0.2, 0.25) is 0 Å². The van der Waals surface area contributed by atoms with Gasteiger partial charge in [0.05, 0.1) is 0 Å². The number of nitrogens with two attached hydrogens (primary N) is 1. The summed E-state index contributed by atoms with van der Waals surface area (Å²) in [7, 11) is -4.29. The van der Waals surface area contributed by atoms with Crippen molar-refractivity contribution < 1.29 is 14.4 Å². The molecule has 2 unspecified atom stereocenters. The van der Waals surface area contributed by atoms with Gasteiger partial charge in [0, 0.05) is 6.04 Å². The Morgan fingerprint density at radius 2 is 1.80 bits per heavy atom. The third kappa shape index (κ3) is 2.13. The Kier molecular flexibility index (Phi) is 3.36. The fraction of sp³-hybridized carbons (Fsp3) is 0.400. The molecule has 1 aromatic rings. The van der Waals surface area contributed by atoms with Gasteiger partial charge in [-0.05, 0) is 19.4 Å². The van der Waals surface area contributed by atoms with Gasteiger partial charge in [-0.3, -0.25) is 4.57 Å². The van der Waals surface area contributed by atoms with E-state index in [9.17, 15) is 14.4 Å². The van der Waals surface area contributed by atoms with Crippen LogP contribution in [0.4, 0.5) is 0 Å². The molecule has 0 fully saturated rings. The van der Waals surface area contributed by atoms with Gasteiger partial charge in [-0.25, -0.2) is 0 Å². The fourth-order valence-corrected chi connectivity index (χ4v) is 2.49. The first kappa shape index (κ1) is 12.4. The first-order valence-electron chi connectivity index (χ1n) is 4.67. The second-order valence-electron chi connectivity index (χ2n) is 3.85. The molecule has 0 saturated carbocycles. The average molecular weight is 229 g/mol. The molecule has 0 aliphatic rings. The molecule has 1 rings (SSSR count). The Morgan fingerprint density at radius 3 is 2.13 bits per heavy atom. The second kappa shape index (κ2) is 4.06. The molecule has 0 amide bonds. The van der Waals surface area contributed by atoms with Crippen molar-refractivity contribution in [2.75, 3.05) is 0 Å². The van der Waals surface area contributed by atoms with Crippen LogP contribution in [0.1, 0.15) is 19.4 Å². The zero-order valence-corrected chi connectivity index (χ0v) is 9.69. The quantitative estimate of drug-likeness (QED) is 0.684. The monoisotopic (exact) mass is 229 g/mol. The van der Waals surface area contributed by atoms with Crippen LogP contribution in [-0.4, -0.2) is 15.8 Å². The molecule has 0 aliphatic heterocycles.